The number of rotatable bonds is 6. The number of benzene rings is 1. The first-order chi connectivity index (χ1) is 15.6. The van der Waals surface area contributed by atoms with Crippen molar-refractivity contribution in [3.05, 3.63) is 53.5 Å². The van der Waals surface area contributed by atoms with Crippen molar-refractivity contribution in [2.24, 2.45) is 11.8 Å². The number of nitrogens with zero attached hydrogens (tertiary/aromatic N) is 2. The van der Waals surface area contributed by atoms with Crippen LogP contribution in [0.3, 0.4) is 0 Å². The van der Waals surface area contributed by atoms with Crippen LogP contribution in [0.4, 0.5) is 13.2 Å². The van der Waals surface area contributed by atoms with E-state index in [0.29, 0.717) is 6.07 Å². The van der Waals surface area contributed by atoms with Gasteiger partial charge in [-0.15, -0.1) is 0 Å². The number of carbonyl (C=O) groups excluding carboxylic acids is 1. The van der Waals surface area contributed by atoms with Gasteiger partial charge < -0.3 is 4.90 Å². The lowest BCUT2D eigenvalue weighted by Gasteiger charge is -2.58. The summed E-state index contributed by atoms with van der Waals surface area (Å²) in [6.07, 6.45) is 5.54. The number of aromatic nitrogens is 1. The topological polar surface area (TPSA) is 79.4 Å². The molecule has 1 N–H and O–H groups in total. The lowest BCUT2D eigenvalue weighted by atomic mass is 9.66. The van der Waals surface area contributed by atoms with Crippen molar-refractivity contribution in [2.45, 2.75) is 50.2 Å². The zero-order chi connectivity index (χ0) is 23.5. The van der Waals surface area contributed by atoms with Gasteiger partial charge in [0.1, 0.15) is 17.3 Å². The lowest BCUT2D eigenvalue weighted by molar-refractivity contribution is -0.150. The van der Waals surface area contributed by atoms with Gasteiger partial charge in [0.25, 0.3) is 0 Å². The van der Waals surface area contributed by atoms with E-state index in [1.165, 1.54) is 12.3 Å². The third-order valence-electron chi connectivity index (χ3n) is 6.89. The normalized spacial score (nSPS) is 26.7. The highest BCUT2D eigenvalue weighted by Crippen LogP contribution is 2.46. The Morgan fingerprint density at radius 1 is 1.15 bits per heavy atom. The minimum atomic E-state index is -3.56. The molecule has 2 aliphatic carbocycles. The first-order valence-corrected chi connectivity index (χ1v) is 12.9. The maximum Gasteiger partial charge on any atom is 0.226 e. The molecule has 2 aliphatic heterocycles. The first-order valence-electron chi connectivity index (χ1n) is 11.0. The fourth-order valence-electron chi connectivity index (χ4n) is 5.20. The molecule has 2 atom stereocenters. The number of piperidine rings is 2. The Morgan fingerprint density at radius 3 is 2.42 bits per heavy atom. The molecule has 0 radical (unpaired) electrons. The number of nitrogens with one attached hydrogen (secondary N) is 1. The van der Waals surface area contributed by atoms with Crippen molar-refractivity contribution in [1.29, 1.82) is 0 Å². The van der Waals surface area contributed by atoms with Gasteiger partial charge in [0.15, 0.2) is 5.82 Å². The second-order valence-electron chi connectivity index (χ2n) is 9.38. The molecule has 0 spiro atoms. The van der Waals surface area contributed by atoms with Crippen LogP contribution in [-0.4, -0.2) is 48.6 Å². The van der Waals surface area contributed by atoms with Crippen LogP contribution >= 0.6 is 0 Å². The maximum atomic E-state index is 15.5. The first kappa shape index (κ1) is 22.3. The smallest absolute Gasteiger partial charge is 0.226 e. The third kappa shape index (κ3) is 4.38. The highest BCUT2D eigenvalue weighted by molar-refractivity contribution is 7.88. The molecular formula is C23H24F3N3O3S. The van der Waals surface area contributed by atoms with Gasteiger partial charge in [-0.05, 0) is 61.8 Å². The second-order valence-corrected chi connectivity index (χ2v) is 11.2. The van der Waals surface area contributed by atoms with Crippen molar-refractivity contribution in [3.63, 3.8) is 0 Å². The summed E-state index contributed by atoms with van der Waals surface area (Å²) in [5, 5.41) is 0. The zero-order valence-electron chi connectivity index (χ0n) is 18.0. The van der Waals surface area contributed by atoms with Crippen molar-refractivity contribution in [2.75, 3.05) is 6.26 Å². The fourth-order valence-corrected chi connectivity index (χ4v) is 6.04. The quantitative estimate of drug-likeness (QED) is 0.691. The summed E-state index contributed by atoms with van der Waals surface area (Å²) in [6, 6.07) is 3.10. The molecule has 1 aromatic heterocycles. The number of carbonyl (C=O) groups is 1. The average Bonchev–Trinajstić information content (AvgIpc) is 3.52. The minimum absolute atomic E-state index is 0.00894. The Morgan fingerprint density at radius 2 is 1.82 bits per heavy atom. The molecule has 176 valence electrons. The van der Waals surface area contributed by atoms with Crippen LogP contribution in [0.25, 0.3) is 11.3 Å². The summed E-state index contributed by atoms with van der Waals surface area (Å²) in [4.78, 5) is 18.9. The van der Waals surface area contributed by atoms with Crippen LogP contribution in [0.2, 0.25) is 0 Å². The van der Waals surface area contributed by atoms with Gasteiger partial charge >= 0.3 is 0 Å². The van der Waals surface area contributed by atoms with Crippen molar-refractivity contribution < 1.29 is 26.4 Å². The van der Waals surface area contributed by atoms with E-state index in [4.69, 9.17) is 0 Å². The summed E-state index contributed by atoms with van der Waals surface area (Å²) in [5.74, 6) is -2.43. The van der Waals surface area contributed by atoms with E-state index in [2.05, 4.69) is 9.71 Å². The number of hydrogen-bond donors (Lipinski definition) is 1. The van der Waals surface area contributed by atoms with Crippen LogP contribution in [0.1, 0.15) is 31.2 Å². The average molecular weight is 480 g/mol. The Bertz CT molecular complexity index is 1190. The largest absolute Gasteiger partial charge is 0.335 e. The molecule has 1 amide bonds. The van der Waals surface area contributed by atoms with E-state index >= 15 is 4.39 Å². The number of hydrogen-bond acceptors (Lipinski definition) is 4. The SMILES string of the molecule is CS(=O)(=O)NC1C2CC(C2)N(C(=O)C2CC2)C1Cc1ccnc(-c2cc(F)cc(F)c2)c1F. The van der Waals surface area contributed by atoms with Gasteiger partial charge in [-0.1, -0.05) is 0 Å². The fraction of sp³-hybridized carbons (Fsp3) is 0.478. The van der Waals surface area contributed by atoms with Crippen LogP contribution in [0.5, 0.6) is 0 Å². The third-order valence-corrected chi connectivity index (χ3v) is 7.59. The summed E-state index contributed by atoms with van der Waals surface area (Å²) in [7, 11) is -3.56. The monoisotopic (exact) mass is 479 g/mol. The number of fused-ring (bicyclic) bond motifs is 2. The van der Waals surface area contributed by atoms with Gasteiger partial charge in [-0.2, -0.15) is 0 Å². The van der Waals surface area contributed by atoms with Gasteiger partial charge in [-0.3, -0.25) is 9.78 Å². The summed E-state index contributed by atoms with van der Waals surface area (Å²) in [6.45, 7) is 0. The minimum Gasteiger partial charge on any atom is -0.335 e. The van der Waals surface area contributed by atoms with E-state index in [1.54, 1.807) is 4.90 Å². The van der Waals surface area contributed by atoms with E-state index in [1.807, 2.05) is 0 Å². The van der Waals surface area contributed by atoms with Crippen molar-refractivity contribution >= 4 is 15.9 Å². The second kappa shape index (κ2) is 8.09. The van der Waals surface area contributed by atoms with E-state index < -0.39 is 39.6 Å². The highest BCUT2D eigenvalue weighted by Gasteiger charge is 2.54. The maximum absolute atomic E-state index is 15.5. The highest BCUT2D eigenvalue weighted by atomic mass is 32.2. The van der Waals surface area contributed by atoms with Crippen molar-refractivity contribution in [3.8, 4) is 11.3 Å². The molecule has 4 aliphatic rings. The molecule has 6 nitrogen and oxygen atoms in total. The standard InChI is InChI=1S/C23H24F3N3O3S/c1-33(31,32)28-21-15-8-18(9-15)29(23(30)12-2-3-12)19(21)10-13-4-5-27-22(20(13)26)14-6-16(24)11-17(25)7-14/h4-7,11-12,15,18-19,21,28H,2-3,8-10H2,1H3. The molecule has 2 saturated heterocycles. The van der Waals surface area contributed by atoms with E-state index in [0.717, 1.165) is 44.1 Å². The molecule has 3 heterocycles. The van der Waals surface area contributed by atoms with Crippen molar-refractivity contribution in [1.82, 2.24) is 14.6 Å². The van der Waals surface area contributed by atoms with E-state index in [9.17, 15) is 22.0 Å². The number of amides is 1. The van der Waals surface area contributed by atoms with Crippen LogP contribution in [-0.2, 0) is 21.2 Å². The molecule has 2 unspecified atom stereocenters. The van der Waals surface area contributed by atoms with E-state index in [-0.39, 0.29) is 47.0 Å². The predicted octanol–water partition coefficient (Wildman–Crippen LogP) is 3.03. The van der Waals surface area contributed by atoms with Gasteiger partial charge in [0.2, 0.25) is 15.9 Å². The van der Waals surface area contributed by atoms with Gasteiger partial charge in [0, 0.05) is 35.8 Å². The van der Waals surface area contributed by atoms with Crippen LogP contribution < -0.4 is 4.72 Å². The molecule has 33 heavy (non-hydrogen) atoms. The molecule has 4 fully saturated rings. The molecule has 2 bridgehead atoms. The molecule has 1 aromatic carbocycles. The number of pyridine rings is 1. The van der Waals surface area contributed by atoms with Gasteiger partial charge in [-0.25, -0.2) is 26.3 Å². The van der Waals surface area contributed by atoms with Crippen LogP contribution in [0.15, 0.2) is 30.5 Å². The lowest BCUT2D eigenvalue weighted by Crippen LogP contribution is -2.70. The molecule has 2 saturated carbocycles. The summed E-state index contributed by atoms with van der Waals surface area (Å²) < 4.78 is 69.7. The Balaban J connectivity index is 1.51. The molecule has 6 rings (SSSR count). The number of sulfonamides is 1. The van der Waals surface area contributed by atoms with Crippen LogP contribution in [0, 0.1) is 29.3 Å². The Hall–Kier alpha value is -2.46. The summed E-state index contributed by atoms with van der Waals surface area (Å²) in [5.41, 5.74) is -0.0144. The Labute approximate surface area is 190 Å². The summed E-state index contributed by atoms with van der Waals surface area (Å²) >= 11 is 0. The predicted molar refractivity (Wildman–Crippen MR) is 115 cm³/mol. The van der Waals surface area contributed by atoms with Gasteiger partial charge in [0.05, 0.1) is 12.3 Å². The molecular weight excluding hydrogens is 455 g/mol. The molecule has 2 aromatic rings. The molecule has 10 heteroatoms. The number of halogens is 3. The Kier molecular flexibility index (Phi) is 5.48. The zero-order valence-corrected chi connectivity index (χ0v) is 18.8.